The highest BCUT2D eigenvalue weighted by Gasteiger charge is 2.17. The van der Waals surface area contributed by atoms with E-state index in [1.54, 1.807) is 19.2 Å². The van der Waals surface area contributed by atoms with Crippen molar-refractivity contribution in [1.82, 2.24) is 10.6 Å². The molecule has 27 heavy (non-hydrogen) atoms. The molecule has 0 aromatic heterocycles. The van der Waals surface area contributed by atoms with Gasteiger partial charge in [0.1, 0.15) is 5.82 Å². The Labute approximate surface area is 157 Å². The Morgan fingerprint density at radius 1 is 1.11 bits per heavy atom. The van der Waals surface area contributed by atoms with Crippen LogP contribution in [0.5, 0.6) is 11.5 Å². The van der Waals surface area contributed by atoms with Crippen LogP contribution in [0, 0.1) is 5.82 Å². The van der Waals surface area contributed by atoms with Crippen molar-refractivity contribution < 1.29 is 23.4 Å². The summed E-state index contributed by atoms with van der Waals surface area (Å²) in [5, 5.41) is 5.74. The molecule has 0 fully saturated rings. The minimum Gasteiger partial charge on any atom is -0.454 e. The molecule has 1 unspecified atom stereocenters. The number of benzene rings is 2. The highest BCUT2D eigenvalue weighted by Crippen LogP contribution is 2.32. The quantitative estimate of drug-likeness (QED) is 0.697. The summed E-state index contributed by atoms with van der Waals surface area (Å²) >= 11 is 0. The van der Waals surface area contributed by atoms with Crippen LogP contribution in [0.2, 0.25) is 0 Å². The van der Waals surface area contributed by atoms with E-state index >= 15 is 0 Å². The summed E-state index contributed by atoms with van der Waals surface area (Å²) < 4.78 is 28.9. The number of urea groups is 1. The van der Waals surface area contributed by atoms with Crippen molar-refractivity contribution in [3.63, 3.8) is 0 Å². The van der Waals surface area contributed by atoms with Gasteiger partial charge in [0.25, 0.3) is 0 Å². The fourth-order valence-electron chi connectivity index (χ4n) is 2.93. The molecule has 2 amide bonds. The molecule has 2 N–H and O–H groups in total. The van der Waals surface area contributed by atoms with Crippen molar-refractivity contribution in [3.05, 3.63) is 59.4 Å². The Morgan fingerprint density at radius 2 is 1.81 bits per heavy atom. The van der Waals surface area contributed by atoms with Crippen LogP contribution in [0.1, 0.15) is 11.1 Å². The topological polar surface area (TPSA) is 68.8 Å². The first kappa shape index (κ1) is 19.0. The third-order valence-electron chi connectivity index (χ3n) is 4.24. The molecule has 0 bridgehead atoms. The first-order chi connectivity index (χ1) is 13.1. The number of carbonyl (C=O) groups excluding carboxylic acids is 1. The molecular weight excluding hydrogens is 351 g/mol. The standard InChI is InChI=1S/C20H23FN2O4/c1-25-9-8-22-20(24)23-17(10-14-2-5-16(21)6-3-14)11-15-4-7-18-19(12-15)27-13-26-18/h2-7,12,17H,8-11,13H2,1H3,(H2,22,23,24). The summed E-state index contributed by atoms with van der Waals surface area (Å²) in [6.07, 6.45) is 1.18. The number of hydrogen-bond donors (Lipinski definition) is 2. The SMILES string of the molecule is COCCNC(=O)NC(Cc1ccc(F)cc1)Cc1ccc2c(c1)OCO2. The summed E-state index contributed by atoms with van der Waals surface area (Å²) in [5.41, 5.74) is 1.96. The molecule has 2 aromatic rings. The number of nitrogens with one attached hydrogen (secondary N) is 2. The smallest absolute Gasteiger partial charge is 0.315 e. The third-order valence-corrected chi connectivity index (χ3v) is 4.24. The van der Waals surface area contributed by atoms with Crippen molar-refractivity contribution in [3.8, 4) is 11.5 Å². The molecule has 1 aliphatic heterocycles. The number of hydrogen-bond acceptors (Lipinski definition) is 4. The Kier molecular flexibility index (Phi) is 6.49. The van der Waals surface area contributed by atoms with Gasteiger partial charge in [0.2, 0.25) is 6.79 Å². The van der Waals surface area contributed by atoms with Crippen LogP contribution in [0.4, 0.5) is 9.18 Å². The van der Waals surface area contributed by atoms with Gasteiger partial charge in [-0.25, -0.2) is 9.18 Å². The van der Waals surface area contributed by atoms with Gasteiger partial charge in [0.05, 0.1) is 6.61 Å². The molecule has 0 spiro atoms. The molecule has 2 aromatic carbocycles. The van der Waals surface area contributed by atoms with Gasteiger partial charge in [-0.15, -0.1) is 0 Å². The van der Waals surface area contributed by atoms with Crippen LogP contribution in [0.15, 0.2) is 42.5 Å². The highest BCUT2D eigenvalue weighted by atomic mass is 19.1. The zero-order valence-corrected chi connectivity index (χ0v) is 15.2. The Hall–Kier alpha value is -2.80. The van der Waals surface area contributed by atoms with Crippen LogP contribution in [-0.4, -0.2) is 39.1 Å². The van der Waals surface area contributed by atoms with Crippen molar-refractivity contribution >= 4 is 6.03 Å². The molecule has 1 aliphatic rings. The van der Waals surface area contributed by atoms with Crippen LogP contribution >= 0.6 is 0 Å². The van der Waals surface area contributed by atoms with E-state index in [2.05, 4.69) is 10.6 Å². The van der Waals surface area contributed by atoms with E-state index in [-0.39, 0.29) is 24.7 Å². The summed E-state index contributed by atoms with van der Waals surface area (Å²) in [4.78, 5) is 12.2. The zero-order valence-electron chi connectivity index (χ0n) is 15.2. The number of halogens is 1. The molecule has 7 heteroatoms. The molecule has 0 radical (unpaired) electrons. The van der Waals surface area contributed by atoms with E-state index < -0.39 is 0 Å². The fraction of sp³-hybridized carbons (Fsp3) is 0.350. The predicted molar refractivity (Wildman–Crippen MR) is 98.6 cm³/mol. The largest absolute Gasteiger partial charge is 0.454 e. The number of ether oxygens (including phenoxy) is 3. The van der Waals surface area contributed by atoms with Crippen molar-refractivity contribution in [1.29, 1.82) is 0 Å². The second-order valence-corrected chi connectivity index (χ2v) is 6.31. The summed E-state index contributed by atoms with van der Waals surface area (Å²) in [6, 6.07) is 11.6. The maximum atomic E-state index is 13.2. The maximum Gasteiger partial charge on any atom is 0.315 e. The molecule has 6 nitrogen and oxygen atoms in total. The van der Waals surface area contributed by atoms with E-state index in [1.165, 1.54) is 12.1 Å². The second kappa shape index (κ2) is 9.23. The molecule has 0 saturated carbocycles. The molecule has 1 atom stereocenters. The molecule has 0 aliphatic carbocycles. The fourth-order valence-corrected chi connectivity index (χ4v) is 2.93. The lowest BCUT2D eigenvalue weighted by molar-refractivity contribution is 0.174. The van der Waals surface area contributed by atoms with Crippen LogP contribution in [0.25, 0.3) is 0 Å². The van der Waals surface area contributed by atoms with Gasteiger partial charge in [-0.3, -0.25) is 0 Å². The van der Waals surface area contributed by atoms with Gasteiger partial charge in [-0.05, 0) is 48.2 Å². The Bertz CT molecular complexity index is 767. The summed E-state index contributed by atoms with van der Waals surface area (Å²) in [7, 11) is 1.58. The maximum absolute atomic E-state index is 13.2. The van der Waals surface area contributed by atoms with Gasteiger partial charge in [0, 0.05) is 19.7 Å². The second-order valence-electron chi connectivity index (χ2n) is 6.31. The van der Waals surface area contributed by atoms with E-state index in [4.69, 9.17) is 14.2 Å². The number of carbonyl (C=O) groups is 1. The average molecular weight is 374 g/mol. The van der Waals surface area contributed by atoms with E-state index in [1.807, 2.05) is 18.2 Å². The summed E-state index contributed by atoms with van der Waals surface area (Å²) in [6.45, 7) is 1.09. The number of rotatable bonds is 8. The number of amides is 2. The first-order valence-corrected chi connectivity index (χ1v) is 8.80. The van der Waals surface area contributed by atoms with E-state index in [9.17, 15) is 9.18 Å². The molecule has 0 saturated heterocycles. The molecule has 3 rings (SSSR count). The Balaban J connectivity index is 1.68. The van der Waals surface area contributed by atoms with Gasteiger partial charge in [0.15, 0.2) is 11.5 Å². The van der Waals surface area contributed by atoms with Crippen LogP contribution in [-0.2, 0) is 17.6 Å². The van der Waals surface area contributed by atoms with Crippen LogP contribution < -0.4 is 20.1 Å². The van der Waals surface area contributed by atoms with Crippen molar-refractivity contribution in [2.75, 3.05) is 27.1 Å². The van der Waals surface area contributed by atoms with E-state index in [0.29, 0.717) is 31.7 Å². The lowest BCUT2D eigenvalue weighted by Gasteiger charge is -2.20. The first-order valence-electron chi connectivity index (χ1n) is 8.80. The predicted octanol–water partition coefficient (Wildman–Crippen LogP) is 2.65. The number of fused-ring (bicyclic) bond motifs is 1. The van der Waals surface area contributed by atoms with Crippen molar-refractivity contribution in [2.24, 2.45) is 0 Å². The molecular formula is C20H23FN2O4. The Morgan fingerprint density at radius 3 is 2.59 bits per heavy atom. The van der Waals surface area contributed by atoms with E-state index in [0.717, 1.165) is 16.9 Å². The summed E-state index contributed by atoms with van der Waals surface area (Å²) in [5.74, 6) is 1.15. The lowest BCUT2D eigenvalue weighted by Crippen LogP contribution is -2.45. The van der Waals surface area contributed by atoms with Gasteiger partial charge >= 0.3 is 6.03 Å². The normalized spacial score (nSPS) is 13.3. The lowest BCUT2D eigenvalue weighted by atomic mass is 9.98. The van der Waals surface area contributed by atoms with Gasteiger partial charge in [-0.2, -0.15) is 0 Å². The zero-order chi connectivity index (χ0) is 19.1. The van der Waals surface area contributed by atoms with Gasteiger partial charge < -0.3 is 24.8 Å². The minimum atomic E-state index is -0.281. The highest BCUT2D eigenvalue weighted by molar-refractivity contribution is 5.74. The van der Waals surface area contributed by atoms with Gasteiger partial charge in [-0.1, -0.05) is 18.2 Å². The molecule has 1 heterocycles. The van der Waals surface area contributed by atoms with Crippen molar-refractivity contribution in [2.45, 2.75) is 18.9 Å². The van der Waals surface area contributed by atoms with Crippen LogP contribution in [0.3, 0.4) is 0 Å². The third kappa shape index (κ3) is 5.59. The minimum absolute atomic E-state index is 0.168. The monoisotopic (exact) mass is 374 g/mol. The number of methoxy groups -OCH3 is 1. The molecule has 144 valence electrons. The average Bonchev–Trinajstić information content (AvgIpc) is 3.11.